The van der Waals surface area contributed by atoms with Crippen LogP contribution in [0.15, 0.2) is 36.1 Å². The van der Waals surface area contributed by atoms with E-state index in [0.717, 1.165) is 50.5 Å². The average Bonchev–Trinajstić information content (AvgIpc) is 2.79. The van der Waals surface area contributed by atoms with Crippen molar-refractivity contribution in [1.82, 2.24) is 15.1 Å². The van der Waals surface area contributed by atoms with Crippen LogP contribution >= 0.6 is 0 Å². The van der Waals surface area contributed by atoms with Gasteiger partial charge in [0, 0.05) is 61.8 Å². The van der Waals surface area contributed by atoms with Crippen molar-refractivity contribution in [3.05, 3.63) is 47.2 Å². The number of carbonyl (C=O) groups excluding carboxylic acids is 1. The van der Waals surface area contributed by atoms with E-state index < -0.39 is 0 Å². The second kappa shape index (κ2) is 9.35. The second-order valence-corrected chi connectivity index (χ2v) is 9.30. The van der Waals surface area contributed by atoms with Crippen LogP contribution in [0.4, 0.5) is 10.5 Å². The lowest BCUT2D eigenvalue weighted by atomic mass is 9.89. The standard InChI is InChI=1S/C25H36N4O2/c1-18(2)19-5-7-20(8-6-19)26-25(30)29-12-11-21-22(17-29)23(9-10-24(21)31-4)28-15-13-27(3)14-16-28/h5,7-10,18-19H,6,11-17H2,1-4H3,(H,26,30). The fourth-order valence-electron chi connectivity index (χ4n) is 4.76. The number of hydrogen-bond acceptors (Lipinski definition) is 4. The molecule has 0 saturated carbocycles. The third kappa shape index (κ3) is 4.74. The van der Waals surface area contributed by atoms with Crippen molar-refractivity contribution < 1.29 is 9.53 Å². The second-order valence-electron chi connectivity index (χ2n) is 9.30. The Balaban J connectivity index is 1.49. The number of anilines is 1. The van der Waals surface area contributed by atoms with Gasteiger partial charge in [-0.1, -0.05) is 26.0 Å². The molecule has 0 aromatic heterocycles. The molecule has 2 heterocycles. The number of methoxy groups -OCH3 is 1. The molecule has 1 saturated heterocycles. The van der Waals surface area contributed by atoms with Crippen molar-refractivity contribution in [2.24, 2.45) is 11.8 Å². The van der Waals surface area contributed by atoms with Gasteiger partial charge in [-0.15, -0.1) is 0 Å². The molecule has 0 radical (unpaired) electrons. The van der Waals surface area contributed by atoms with E-state index in [0.29, 0.717) is 24.9 Å². The molecule has 31 heavy (non-hydrogen) atoms. The number of nitrogens with one attached hydrogen (secondary N) is 1. The van der Waals surface area contributed by atoms with E-state index in [1.807, 2.05) is 4.90 Å². The molecule has 3 aliphatic rings. The Hall–Kier alpha value is -2.47. The topological polar surface area (TPSA) is 48.1 Å². The summed E-state index contributed by atoms with van der Waals surface area (Å²) in [5, 5.41) is 3.12. The number of fused-ring (bicyclic) bond motifs is 1. The van der Waals surface area contributed by atoms with E-state index in [9.17, 15) is 4.79 Å². The fraction of sp³-hybridized carbons (Fsp3) is 0.560. The molecule has 2 aliphatic heterocycles. The normalized spacial score (nSPS) is 21.7. The van der Waals surface area contributed by atoms with Crippen LogP contribution in [0, 0.1) is 11.8 Å². The van der Waals surface area contributed by atoms with Gasteiger partial charge in [0.2, 0.25) is 0 Å². The number of urea groups is 1. The number of rotatable bonds is 4. The van der Waals surface area contributed by atoms with Crippen LogP contribution in [0.25, 0.3) is 0 Å². The minimum Gasteiger partial charge on any atom is -0.496 e. The number of benzene rings is 1. The maximum atomic E-state index is 13.1. The van der Waals surface area contributed by atoms with Crippen molar-refractivity contribution in [3.8, 4) is 5.75 Å². The van der Waals surface area contributed by atoms with Gasteiger partial charge in [0.25, 0.3) is 0 Å². The minimum absolute atomic E-state index is 0.0169. The molecule has 4 rings (SSSR count). The Bertz CT molecular complexity index is 869. The summed E-state index contributed by atoms with van der Waals surface area (Å²) < 4.78 is 5.65. The first-order valence-electron chi connectivity index (χ1n) is 11.5. The smallest absolute Gasteiger partial charge is 0.322 e. The number of hydrogen-bond donors (Lipinski definition) is 1. The van der Waals surface area contributed by atoms with Gasteiger partial charge in [-0.3, -0.25) is 0 Å². The van der Waals surface area contributed by atoms with Crippen LogP contribution in [0.2, 0.25) is 0 Å². The molecule has 1 atom stereocenters. The number of nitrogens with zero attached hydrogens (tertiary/aromatic N) is 3. The van der Waals surface area contributed by atoms with Gasteiger partial charge in [-0.2, -0.15) is 0 Å². The lowest BCUT2D eigenvalue weighted by molar-refractivity contribution is 0.195. The summed E-state index contributed by atoms with van der Waals surface area (Å²) in [5.41, 5.74) is 4.65. The van der Waals surface area contributed by atoms with Crippen molar-refractivity contribution in [2.45, 2.75) is 33.2 Å². The third-order valence-corrected chi connectivity index (χ3v) is 6.94. The summed E-state index contributed by atoms with van der Waals surface area (Å²) in [6.45, 7) is 9.93. The van der Waals surface area contributed by atoms with E-state index in [1.54, 1.807) is 7.11 Å². The zero-order valence-electron chi connectivity index (χ0n) is 19.4. The zero-order valence-corrected chi connectivity index (χ0v) is 19.4. The lowest BCUT2D eigenvalue weighted by Crippen LogP contribution is -2.46. The Morgan fingerprint density at radius 3 is 2.55 bits per heavy atom. The highest BCUT2D eigenvalue weighted by molar-refractivity contribution is 5.78. The van der Waals surface area contributed by atoms with Crippen molar-refractivity contribution >= 4 is 11.7 Å². The van der Waals surface area contributed by atoms with Crippen LogP contribution < -0.4 is 15.0 Å². The van der Waals surface area contributed by atoms with Crippen LogP contribution in [-0.4, -0.2) is 62.7 Å². The first kappa shape index (κ1) is 21.8. The van der Waals surface area contributed by atoms with Crippen molar-refractivity contribution in [2.75, 3.05) is 51.8 Å². The summed E-state index contributed by atoms with van der Waals surface area (Å²) >= 11 is 0. The molecule has 0 spiro atoms. The van der Waals surface area contributed by atoms with Crippen LogP contribution in [0.3, 0.4) is 0 Å². The summed E-state index contributed by atoms with van der Waals surface area (Å²) in [4.78, 5) is 19.8. The highest BCUT2D eigenvalue weighted by Gasteiger charge is 2.28. The molecule has 1 N–H and O–H groups in total. The molecule has 1 aliphatic carbocycles. The van der Waals surface area contributed by atoms with E-state index in [1.165, 1.54) is 16.8 Å². The van der Waals surface area contributed by atoms with Gasteiger partial charge >= 0.3 is 6.03 Å². The van der Waals surface area contributed by atoms with Crippen molar-refractivity contribution in [3.63, 3.8) is 0 Å². The van der Waals surface area contributed by atoms with E-state index in [2.05, 4.69) is 66.4 Å². The Labute approximate surface area is 186 Å². The zero-order chi connectivity index (χ0) is 22.0. The first-order chi connectivity index (χ1) is 15.0. The van der Waals surface area contributed by atoms with Crippen LogP contribution in [0.5, 0.6) is 5.75 Å². The first-order valence-corrected chi connectivity index (χ1v) is 11.5. The predicted molar refractivity (Wildman–Crippen MR) is 126 cm³/mol. The number of carbonyl (C=O) groups is 1. The number of ether oxygens (including phenoxy) is 1. The molecule has 6 nitrogen and oxygen atoms in total. The van der Waals surface area contributed by atoms with Gasteiger partial charge in [0.1, 0.15) is 5.75 Å². The van der Waals surface area contributed by atoms with Crippen molar-refractivity contribution in [1.29, 1.82) is 0 Å². The molecule has 1 unspecified atom stereocenters. The largest absolute Gasteiger partial charge is 0.496 e. The summed E-state index contributed by atoms with van der Waals surface area (Å²) in [6, 6.07) is 4.24. The minimum atomic E-state index is -0.0169. The SMILES string of the molecule is COc1ccc(N2CCN(C)CC2)c2c1CCN(C(=O)NC1=CCC(C(C)C)C=C1)C2. The molecular weight excluding hydrogens is 388 g/mol. The molecular formula is C25H36N4O2. The Kier molecular flexibility index (Phi) is 6.56. The summed E-state index contributed by atoms with van der Waals surface area (Å²) in [5.74, 6) is 2.11. The average molecular weight is 425 g/mol. The molecule has 1 aromatic rings. The molecule has 0 bridgehead atoms. The van der Waals surface area contributed by atoms with Crippen LogP contribution in [-0.2, 0) is 13.0 Å². The molecule has 1 aromatic carbocycles. The predicted octanol–water partition coefficient (Wildman–Crippen LogP) is 3.63. The number of amides is 2. The summed E-state index contributed by atoms with van der Waals surface area (Å²) in [7, 11) is 3.90. The summed E-state index contributed by atoms with van der Waals surface area (Å²) in [6.07, 6.45) is 8.24. The van der Waals surface area contributed by atoms with E-state index >= 15 is 0 Å². The van der Waals surface area contributed by atoms with Gasteiger partial charge in [0.05, 0.1) is 7.11 Å². The Morgan fingerprint density at radius 1 is 1.13 bits per heavy atom. The van der Waals surface area contributed by atoms with Crippen LogP contribution in [0.1, 0.15) is 31.4 Å². The molecule has 1 fully saturated rings. The van der Waals surface area contributed by atoms with E-state index in [-0.39, 0.29) is 6.03 Å². The maximum Gasteiger partial charge on any atom is 0.322 e. The molecule has 6 heteroatoms. The van der Waals surface area contributed by atoms with Gasteiger partial charge in [0.15, 0.2) is 0 Å². The monoisotopic (exact) mass is 424 g/mol. The maximum absolute atomic E-state index is 13.1. The Morgan fingerprint density at radius 2 is 1.90 bits per heavy atom. The molecule has 168 valence electrons. The number of likely N-dealkylation sites (N-methyl/N-ethyl adjacent to an activating group) is 1. The number of piperazine rings is 1. The highest BCUT2D eigenvalue weighted by atomic mass is 16.5. The quantitative estimate of drug-likeness (QED) is 0.802. The fourth-order valence-corrected chi connectivity index (χ4v) is 4.76. The lowest BCUT2D eigenvalue weighted by Gasteiger charge is -2.38. The highest BCUT2D eigenvalue weighted by Crippen LogP contribution is 2.36. The molecule has 2 amide bonds. The van der Waals surface area contributed by atoms with Gasteiger partial charge in [-0.05, 0) is 49.9 Å². The van der Waals surface area contributed by atoms with Gasteiger partial charge in [-0.25, -0.2) is 4.79 Å². The van der Waals surface area contributed by atoms with Gasteiger partial charge < -0.3 is 24.8 Å². The van der Waals surface area contributed by atoms with E-state index in [4.69, 9.17) is 4.74 Å². The number of allylic oxidation sites excluding steroid dienone is 3. The third-order valence-electron chi connectivity index (χ3n) is 6.94.